The number of thiophene rings is 1. The average Bonchev–Trinajstić information content (AvgIpc) is 3.10. The molecule has 0 saturated carbocycles. The number of urea groups is 1. The maximum atomic E-state index is 13.7. The minimum Gasteiger partial charge on any atom is -0.383 e. The van der Waals surface area contributed by atoms with Crippen LogP contribution in [-0.4, -0.2) is 16.0 Å². The highest BCUT2D eigenvalue weighted by Crippen LogP contribution is 2.40. The van der Waals surface area contributed by atoms with E-state index in [0.29, 0.717) is 11.5 Å². The zero-order chi connectivity index (χ0) is 20.4. The second kappa shape index (κ2) is 7.84. The lowest BCUT2D eigenvalue weighted by Gasteiger charge is -2.10. The first kappa shape index (κ1) is 18.8. The van der Waals surface area contributed by atoms with E-state index in [0.717, 1.165) is 27.8 Å². The molecule has 2 amide bonds. The van der Waals surface area contributed by atoms with Crippen LogP contribution in [-0.2, 0) is 6.42 Å². The minimum atomic E-state index is -0.518. The van der Waals surface area contributed by atoms with E-state index >= 15 is 0 Å². The molecule has 0 atom stereocenters. The van der Waals surface area contributed by atoms with E-state index < -0.39 is 11.8 Å². The molecule has 4 aromatic rings. The fourth-order valence-electron chi connectivity index (χ4n) is 3.12. The molecule has 4 rings (SSSR count). The molecular weight excluding hydrogens is 389 g/mol. The van der Waals surface area contributed by atoms with Crippen LogP contribution in [0.15, 0.2) is 54.9 Å². The van der Waals surface area contributed by atoms with Crippen LogP contribution in [0, 0.1) is 5.82 Å². The van der Waals surface area contributed by atoms with Crippen LogP contribution < -0.4 is 16.4 Å². The molecule has 0 spiro atoms. The third-order valence-electron chi connectivity index (χ3n) is 4.47. The third-order valence-corrected chi connectivity index (χ3v) is 5.71. The number of nitrogens with one attached hydrogen (secondary N) is 2. The van der Waals surface area contributed by atoms with Gasteiger partial charge in [0.05, 0.1) is 11.1 Å². The van der Waals surface area contributed by atoms with Crippen LogP contribution >= 0.6 is 11.3 Å². The Hall–Kier alpha value is -3.52. The zero-order valence-electron chi connectivity index (χ0n) is 15.6. The van der Waals surface area contributed by atoms with Gasteiger partial charge in [-0.15, -0.1) is 11.3 Å². The number of nitrogen functional groups attached to an aromatic ring is 1. The van der Waals surface area contributed by atoms with Crippen molar-refractivity contribution in [2.24, 2.45) is 0 Å². The SMILES string of the molecule is CCc1sc2ncnc(N)c2c1-c1ccc(NC(=O)Nc2ccccc2F)cc1. The van der Waals surface area contributed by atoms with Crippen molar-refractivity contribution in [3.63, 3.8) is 0 Å². The summed E-state index contributed by atoms with van der Waals surface area (Å²) in [6.07, 6.45) is 2.32. The van der Waals surface area contributed by atoms with Gasteiger partial charge >= 0.3 is 6.03 Å². The number of amides is 2. The quantitative estimate of drug-likeness (QED) is 0.429. The van der Waals surface area contributed by atoms with Crippen molar-refractivity contribution in [3.8, 4) is 11.1 Å². The van der Waals surface area contributed by atoms with Crippen LogP contribution in [0.1, 0.15) is 11.8 Å². The monoisotopic (exact) mass is 407 g/mol. The van der Waals surface area contributed by atoms with Gasteiger partial charge in [0.15, 0.2) is 0 Å². The van der Waals surface area contributed by atoms with E-state index in [9.17, 15) is 9.18 Å². The Bertz CT molecular complexity index is 1190. The summed E-state index contributed by atoms with van der Waals surface area (Å²) in [7, 11) is 0. The Morgan fingerprint density at radius 1 is 1.10 bits per heavy atom. The molecule has 2 aromatic heterocycles. The first-order valence-electron chi connectivity index (χ1n) is 9.01. The van der Waals surface area contributed by atoms with Gasteiger partial charge in [0, 0.05) is 16.1 Å². The molecular formula is C21H18FN5OS. The lowest BCUT2D eigenvalue weighted by Crippen LogP contribution is -2.20. The van der Waals surface area contributed by atoms with Gasteiger partial charge in [-0.1, -0.05) is 31.2 Å². The number of nitrogens with zero attached hydrogens (tertiary/aromatic N) is 2. The molecule has 0 unspecified atom stereocenters. The topological polar surface area (TPSA) is 92.9 Å². The Morgan fingerprint density at radius 2 is 1.86 bits per heavy atom. The molecule has 8 heteroatoms. The molecule has 0 bridgehead atoms. The number of hydrogen-bond acceptors (Lipinski definition) is 5. The number of hydrogen-bond donors (Lipinski definition) is 3. The van der Waals surface area contributed by atoms with Gasteiger partial charge in [-0.2, -0.15) is 0 Å². The van der Waals surface area contributed by atoms with Gasteiger partial charge in [0.1, 0.15) is 22.8 Å². The van der Waals surface area contributed by atoms with Crippen LogP contribution in [0.2, 0.25) is 0 Å². The fourth-order valence-corrected chi connectivity index (χ4v) is 4.23. The first-order valence-corrected chi connectivity index (χ1v) is 9.83. The molecule has 2 heterocycles. The van der Waals surface area contributed by atoms with Gasteiger partial charge in [-0.05, 0) is 36.2 Å². The Morgan fingerprint density at radius 3 is 2.59 bits per heavy atom. The second-order valence-corrected chi connectivity index (χ2v) is 7.41. The summed E-state index contributed by atoms with van der Waals surface area (Å²) in [6.45, 7) is 2.08. The van der Waals surface area contributed by atoms with Gasteiger partial charge in [0.25, 0.3) is 0 Å². The van der Waals surface area contributed by atoms with Crippen molar-refractivity contribution in [1.82, 2.24) is 9.97 Å². The van der Waals surface area contributed by atoms with Crippen molar-refractivity contribution in [1.29, 1.82) is 0 Å². The summed E-state index contributed by atoms with van der Waals surface area (Å²) < 4.78 is 13.7. The second-order valence-electron chi connectivity index (χ2n) is 6.33. The molecule has 2 aromatic carbocycles. The van der Waals surface area contributed by atoms with Crippen LogP contribution in [0.5, 0.6) is 0 Å². The van der Waals surface area contributed by atoms with E-state index in [2.05, 4.69) is 27.5 Å². The smallest absolute Gasteiger partial charge is 0.323 e. The molecule has 0 aliphatic carbocycles. The van der Waals surface area contributed by atoms with Gasteiger partial charge < -0.3 is 16.4 Å². The highest BCUT2D eigenvalue weighted by molar-refractivity contribution is 7.19. The lowest BCUT2D eigenvalue weighted by atomic mass is 10.0. The van der Waals surface area contributed by atoms with Crippen LogP contribution in [0.4, 0.5) is 26.4 Å². The number of aryl methyl sites for hydroxylation is 1. The van der Waals surface area contributed by atoms with Crippen molar-refractivity contribution in [3.05, 3.63) is 65.6 Å². The van der Waals surface area contributed by atoms with Crippen molar-refractivity contribution >= 4 is 44.8 Å². The highest BCUT2D eigenvalue weighted by Gasteiger charge is 2.17. The molecule has 0 aliphatic rings. The Kier molecular flexibility index (Phi) is 5.09. The summed E-state index contributed by atoms with van der Waals surface area (Å²) in [5.74, 6) is -0.0401. The molecule has 0 radical (unpaired) electrons. The number of aromatic nitrogens is 2. The first-order chi connectivity index (χ1) is 14.1. The average molecular weight is 407 g/mol. The van der Waals surface area contributed by atoms with E-state index in [-0.39, 0.29) is 5.69 Å². The normalized spacial score (nSPS) is 10.8. The maximum absolute atomic E-state index is 13.7. The summed E-state index contributed by atoms with van der Waals surface area (Å²) in [5.41, 5.74) is 8.80. The number of benzene rings is 2. The lowest BCUT2D eigenvalue weighted by molar-refractivity contribution is 0.262. The number of rotatable bonds is 4. The van der Waals surface area contributed by atoms with Crippen molar-refractivity contribution in [2.45, 2.75) is 13.3 Å². The summed E-state index contributed by atoms with van der Waals surface area (Å²) in [5, 5.41) is 6.05. The Balaban J connectivity index is 1.58. The molecule has 4 N–H and O–H groups in total. The molecule has 6 nitrogen and oxygen atoms in total. The number of nitrogens with two attached hydrogens (primary N) is 1. The van der Waals surface area contributed by atoms with E-state index in [4.69, 9.17) is 5.73 Å². The fraction of sp³-hybridized carbons (Fsp3) is 0.0952. The molecule has 0 fully saturated rings. The molecule has 146 valence electrons. The Labute approximate surface area is 170 Å². The highest BCUT2D eigenvalue weighted by atomic mass is 32.1. The standard InChI is InChI=1S/C21H18FN5OS/c1-2-16-17(18-19(23)24-11-25-20(18)29-16)12-7-9-13(10-8-12)26-21(28)27-15-6-4-3-5-14(15)22/h3-11H,2H2,1H3,(H2,23,24,25)(H2,26,27,28). The van der Waals surface area contributed by atoms with Gasteiger partial charge in [-0.25, -0.2) is 19.2 Å². The zero-order valence-corrected chi connectivity index (χ0v) is 16.4. The predicted octanol–water partition coefficient (Wildman–Crippen LogP) is 5.29. The molecule has 0 aliphatic heterocycles. The molecule has 0 saturated heterocycles. The largest absolute Gasteiger partial charge is 0.383 e. The maximum Gasteiger partial charge on any atom is 0.323 e. The van der Waals surface area contributed by atoms with Crippen molar-refractivity contribution < 1.29 is 9.18 Å². The van der Waals surface area contributed by atoms with Gasteiger partial charge in [0.2, 0.25) is 0 Å². The van der Waals surface area contributed by atoms with E-state index in [1.165, 1.54) is 23.3 Å². The number of carbonyl (C=O) groups is 1. The van der Waals surface area contributed by atoms with Gasteiger partial charge in [-0.3, -0.25) is 0 Å². The van der Waals surface area contributed by atoms with E-state index in [1.807, 2.05) is 12.1 Å². The van der Waals surface area contributed by atoms with Crippen molar-refractivity contribution in [2.75, 3.05) is 16.4 Å². The van der Waals surface area contributed by atoms with E-state index in [1.54, 1.807) is 35.6 Å². The predicted molar refractivity (Wildman–Crippen MR) is 116 cm³/mol. The summed E-state index contributed by atoms with van der Waals surface area (Å²) in [6, 6.07) is 12.9. The summed E-state index contributed by atoms with van der Waals surface area (Å²) >= 11 is 1.60. The number of halogens is 1. The minimum absolute atomic E-state index is 0.120. The third kappa shape index (κ3) is 3.74. The van der Waals surface area contributed by atoms with Crippen LogP contribution in [0.25, 0.3) is 21.3 Å². The van der Waals surface area contributed by atoms with Crippen LogP contribution in [0.3, 0.4) is 0 Å². The number of fused-ring (bicyclic) bond motifs is 1. The molecule has 29 heavy (non-hydrogen) atoms. The summed E-state index contributed by atoms with van der Waals surface area (Å²) in [4.78, 5) is 22.6. The number of anilines is 3. The number of para-hydroxylation sites is 1. The number of carbonyl (C=O) groups excluding carboxylic acids is 1.